The highest BCUT2D eigenvalue weighted by atomic mass is 16.7. The normalized spacial score (nSPS) is 16.6. The van der Waals surface area contributed by atoms with Crippen molar-refractivity contribution in [2.24, 2.45) is 0 Å². The Morgan fingerprint density at radius 3 is 2.15 bits per heavy atom. The van der Waals surface area contributed by atoms with Crippen molar-refractivity contribution in [3.63, 3.8) is 0 Å². The van der Waals surface area contributed by atoms with Crippen molar-refractivity contribution in [3.05, 3.63) is 94.3 Å². The van der Waals surface area contributed by atoms with E-state index in [0.29, 0.717) is 63.7 Å². The molecule has 5 aromatic rings. The Labute approximate surface area is 319 Å². The molecule has 55 heavy (non-hydrogen) atoms. The van der Waals surface area contributed by atoms with E-state index in [-0.39, 0.29) is 12.8 Å². The molecule has 1 aromatic heterocycles. The summed E-state index contributed by atoms with van der Waals surface area (Å²) in [5.41, 5.74) is 5.28. The number of carbonyl (C=O) groups is 1. The minimum Gasteiger partial charge on any atom is -0.493 e. The molecule has 288 valence electrons. The van der Waals surface area contributed by atoms with E-state index < -0.39 is 12.1 Å². The van der Waals surface area contributed by atoms with Crippen molar-refractivity contribution >= 4 is 16.7 Å². The molecule has 0 radical (unpaired) electrons. The van der Waals surface area contributed by atoms with Crippen LogP contribution in [0.1, 0.15) is 50.5 Å². The Kier molecular flexibility index (Phi) is 10.6. The first-order chi connectivity index (χ1) is 26.8. The highest BCUT2D eigenvalue weighted by molar-refractivity contribution is 5.98. The van der Waals surface area contributed by atoms with E-state index in [4.69, 9.17) is 47.4 Å². The number of fused-ring (bicyclic) bond motifs is 4. The minimum absolute atomic E-state index is 0.160. The number of likely N-dealkylation sites (N-methyl/N-ethyl adjacent to an activating group) is 1. The number of methoxy groups -OCH3 is 7. The topological polar surface area (TPSA) is 126 Å². The van der Waals surface area contributed by atoms with Crippen LogP contribution in [0.5, 0.6) is 51.7 Å². The molecule has 0 amide bonds. The Bertz CT molecular complexity index is 2240. The van der Waals surface area contributed by atoms with Crippen molar-refractivity contribution in [2.75, 3.05) is 70.2 Å². The fourth-order valence-corrected chi connectivity index (χ4v) is 7.60. The van der Waals surface area contributed by atoms with E-state index in [1.165, 1.54) is 7.11 Å². The van der Waals surface area contributed by atoms with E-state index in [1.807, 2.05) is 61.8 Å². The molecule has 0 saturated carbocycles. The van der Waals surface area contributed by atoms with Crippen LogP contribution < -0.4 is 42.6 Å². The van der Waals surface area contributed by atoms with E-state index in [1.54, 1.807) is 48.7 Å². The zero-order chi connectivity index (χ0) is 38.8. The van der Waals surface area contributed by atoms with Gasteiger partial charge in [-0.1, -0.05) is 12.1 Å². The van der Waals surface area contributed by atoms with Gasteiger partial charge in [0.05, 0.1) is 61.5 Å². The molecule has 3 aliphatic heterocycles. The fourth-order valence-electron chi connectivity index (χ4n) is 7.60. The molecule has 13 heteroatoms. The number of ether oxygens (including phenoxy) is 10. The summed E-state index contributed by atoms with van der Waals surface area (Å²) in [6.45, 7) is 0.963. The summed E-state index contributed by atoms with van der Waals surface area (Å²) in [4.78, 5) is 19.6. The van der Waals surface area contributed by atoms with Crippen LogP contribution in [0, 0.1) is 0 Å². The summed E-state index contributed by atoms with van der Waals surface area (Å²) in [7, 11) is 13.2. The summed E-state index contributed by atoms with van der Waals surface area (Å²) in [6, 6.07) is 17.2. The average molecular weight is 753 g/mol. The number of hydrogen-bond donors (Lipinski definition) is 0. The zero-order valence-corrected chi connectivity index (χ0v) is 32.1. The summed E-state index contributed by atoms with van der Waals surface area (Å²) >= 11 is 0. The lowest BCUT2D eigenvalue weighted by Crippen LogP contribution is -2.36. The van der Waals surface area contributed by atoms with Gasteiger partial charge in [-0.25, -0.2) is 4.79 Å². The minimum atomic E-state index is -0.523. The number of esters is 1. The first kappa shape index (κ1) is 37.2. The molecule has 0 aliphatic carbocycles. The second-order valence-corrected chi connectivity index (χ2v) is 13.0. The van der Waals surface area contributed by atoms with Crippen LogP contribution in [0.4, 0.5) is 0 Å². The molecule has 0 bridgehead atoms. The Morgan fingerprint density at radius 1 is 0.745 bits per heavy atom. The first-order valence-corrected chi connectivity index (χ1v) is 17.6. The number of aromatic nitrogens is 1. The van der Waals surface area contributed by atoms with Gasteiger partial charge in [0.1, 0.15) is 11.7 Å². The molecule has 2 atom stereocenters. The number of pyridine rings is 1. The molecule has 0 N–H and O–H groups in total. The highest BCUT2D eigenvalue weighted by Crippen LogP contribution is 2.55. The van der Waals surface area contributed by atoms with Gasteiger partial charge in [0.15, 0.2) is 46.0 Å². The van der Waals surface area contributed by atoms with Gasteiger partial charge in [0.2, 0.25) is 12.5 Å². The van der Waals surface area contributed by atoms with E-state index in [9.17, 15) is 4.79 Å². The van der Waals surface area contributed by atoms with Gasteiger partial charge < -0.3 is 47.4 Å². The maximum absolute atomic E-state index is 12.9. The van der Waals surface area contributed by atoms with E-state index >= 15 is 0 Å². The quantitative estimate of drug-likeness (QED) is 0.140. The molecule has 0 unspecified atom stereocenters. The molecule has 0 saturated heterocycles. The van der Waals surface area contributed by atoms with Crippen LogP contribution in [-0.2, 0) is 17.6 Å². The second-order valence-electron chi connectivity index (χ2n) is 13.0. The van der Waals surface area contributed by atoms with Gasteiger partial charge in [-0.05, 0) is 72.4 Å². The van der Waals surface area contributed by atoms with Crippen molar-refractivity contribution in [1.82, 2.24) is 9.88 Å². The first-order valence-electron chi connectivity index (χ1n) is 17.6. The predicted molar refractivity (Wildman–Crippen MR) is 203 cm³/mol. The third-order valence-electron chi connectivity index (χ3n) is 10.2. The average Bonchev–Trinajstić information content (AvgIpc) is 3.83. The van der Waals surface area contributed by atoms with Crippen molar-refractivity contribution in [3.8, 4) is 51.7 Å². The van der Waals surface area contributed by atoms with Crippen molar-refractivity contribution < 1.29 is 52.2 Å². The Morgan fingerprint density at radius 2 is 1.44 bits per heavy atom. The number of hydrogen-bond acceptors (Lipinski definition) is 13. The molecule has 3 aliphatic rings. The lowest BCUT2D eigenvalue weighted by atomic mass is 9.85. The molecule has 8 rings (SSSR count). The lowest BCUT2D eigenvalue weighted by Gasteiger charge is -2.38. The van der Waals surface area contributed by atoms with Crippen LogP contribution in [0.15, 0.2) is 60.8 Å². The summed E-state index contributed by atoms with van der Waals surface area (Å²) in [5.74, 6) is 5.17. The number of benzene rings is 4. The largest absolute Gasteiger partial charge is 0.493 e. The van der Waals surface area contributed by atoms with E-state index in [0.717, 1.165) is 51.7 Å². The van der Waals surface area contributed by atoms with Gasteiger partial charge in [-0.2, -0.15) is 0 Å². The van der Waals surface area contributed by atoms with Crippen LogP contribution >= 0.6 is 0 Å². The maximum atomic E-state index is 12.9. The fraction of sp³-hybridized carbons (Fsp3) is 0.333. The summed E-state index contributed by atoms with van der Waals surface area (Å²) < 4.78 is 55.3. The number of rotatable bonds is 10. The third-order valence-corrected chi connectivity index (χ3v) is 10.2. The third kappa shape index (κ3) is 6.69. The lowest BCUT2D eigenvalue weighted by molar-refractivity contribution is 0.00873. The molecule has 13 nitrogen and oxygen atoms in total. The van der Waals surface area contributed by atoms with Gasteiger partial charge in [-0.3, -0.25) is 9.88 Å². The monoisotopic (exact) mass is 752 g/mol. The van der Waals surface area contributed by atoms with Crippen molar-refractivity contribution in [2.45, 2.75) is 25.0 Å². The van der Waals surface area contributed by atoms with Gasteiger partial charge in [-0.15, -0.1) is 0 Å². The molecule has 0 fully saturated rings. The second kappa shape index (κ2) is 15.7. The Hall–Kier alpha value is -6.08. The molecular weight excluding hydrogens is 708 g/mol. The molecule has 4 heterocycles. The van der Waals surface area contributed by atoms with Crippen LogP contribution in [0.25, 0.3) is 10.8 Å². The molecule has 0 spiro atoms. The number of nitrogens with zero attached hydrogens (tertiary/aromatic N) is 2. The predicted octanol–water partition coefficient (Wildman–Crippen LogP) is 6.74. The smallest absolute Gasteiger partial charge is 0.343 e. The van der Waals surface area contributed by atoms with E-state index in [2.05, 4.69) is 9.88 Å². The maximum Gasteiger partial charge on any atom is 0.343 e. The number of carbonyl (C=O) groups excluding carboxylic acids is 1. The molecular formula is C42H44N2O11. The van der Waals surface area contributed by atoms with Gasteiger partial charge in [0.25, 0.3) is 0 Å². The van der Waals surface area contributed by atoms with Crippen LogP contribution in [0.3, 0.4) is 0 Å². The van der Waals surface area contributed by atoms with Crippen molar-refractivity contribution in [1.29, 1.82) is 0 Å². The number of cyclic esters (lactones) is 1. The standard InChI is InChI=1S/C22H23NO7.C20H21NO4/c1-23-8-7-11-9-14-20(29-10-28-14)21(27-4)15(11)17(23)18-12-5-6-13(25-2)19(26-3)16(12)22(24)30-18;1-22-17-6-5-13(10-18(17)23-2)9-16-15-12-20(25-4)19(24-3)11-14(15)7-8-21-16/h5-6,9,17-18H,7-8,10H2,1-4H3;5-8,10-12H,9H2,1-4H3/t17-,18+;/m1./s1. The highest BCUT2D eigenvalue weighted by Gasteiger charge is 2.46. The van der Waals surface area contributed by atoms with Crippen LogP contribution in [-0.4, -0.2) is 86.0 Å². The van der Waals surface area contributed by atoms with Crippen LogP contribution in [0.2, 0.25) is 0 Å². The zero-order valence-electron chi connectivity index (χ0n) is 32.1. The summed E-state index contributed by atoms with van der Waals surface area (Å²) in [5, 5.41) is 2.10. The van der Waals surface area contributed by atoms with Gasteiger partial charge in [0, 0.05) is 35.7 Å². The SMILES string of the molecule is COc1ccc(Cc2nccc3cc(OC)c(OC)cc23)cc1OC.COc1ccc2c(c1OC)C(=O)O[C@@H]2[C@H]1c2c(cc3c(c2OC)OCO3)CCN1C. The Balaban J connectivity index is 0.000000172. The molecule has 4 aromatic carbocycles. The summed E-state index contributed by atoms with van der Waals surface area (Å²) in [6.07, 6.45) is 2.79. The van der Waals surface area contributed by atoms with Gasteiger partial charge >= 0.3 is 5.97 Å².